The molecule has 0 aromatic heterocycles. The van der Waals surface area contributed by atoms with E-state index in [9.17, 15) is 5.11 Å². The zero-order valence-corrected chi connectivity index (χ0v) is 12.3. The van der Waals surface area contributed by atoms with E-state index < -0.39 is 5.60 Å². The Balaban J connectivity index is 3.15. The van der Waals surface area contributed by atoms with Crippen LogP contribution in [0.25, 0.3) is 0 Å². The molecule has 1 aromatic rings. The minimum atomic E-state index is -0.524. The Bertz CT molecular complexity index is 369. The van der Waals surface area contributed by atoms with Crippen LogP contribution in [0.15, 0.2) is 12.1 Å². The molecular weight excluding hydrogens is 224 g/mol. The lowest BCUT2D eigenvalue weighted by Crippen LogP contribution is -2.32. The molecule has 18 heavy (non-hydrogen) atoms. The number of benzene rings is 1. The first kappa shape index (κ1) is 15.0. The largest absolute Gasteiger partial charge is 0.485 e. The molecule has 1 aromatic carbocycles. The van der Waals surface area contributed by atoms with Crippen molar-refractivity contribution >= 4 is 0 Å². The van der Waals surface area contributed by atoms with Gasteiger partial charge in [0.25, 0.3) is 0 Å². The fourth-order valence-corrected chi connectivity index (χ4v) is 2.26. The second-order valence-corrected chi connectivity index (χ2v) is 5.30. The van der Waals surface area contributed by atoms with Gasteiger partial charge in [-0.05, 0) is 61.9 Å². The van der Waals surface area contributed by atoms with Crippen molar-refractivity contribution < 1.29 is 9.84 Å². The Morgan fingerprint density at radius 1 is 1.00 bits per heavy atom. The molecule has 0 fully saturated rings. The van der Waals surface area contributed by atoms with Crippen LogP contribution in [0.1, 0.15) is 51.3 Å². The predicted molar refractivity (Wildman–Crippen MR) is 76.4 cm³/mol. The van der Waals surface area contributed by atoms with Crippen LogP contribution >= 0.6 is 0 Å². The SMILES string of the molecule is CCc1cc(OC(C)(C)CO)cc(CC)c1CC. The molecule has 1 rings (SSSR count). The molecule has 0 spiro atoms. The number of hydrogen-bond acceptors (Lipinski definition) is 2. The number of rotatable bonds is 6. The van der Waals surface area contributed by atoms with Crippen molar-refractivity contribution in [3.8, 4) is 5.75 Å². The highest BCUT2D eigenvalue weighted by molar-refractivity contribution is 5.42. The lowest BCUT2D eigenvalue weighted by atomic mass is 9.95. The zero-order chi connectivity index (χ0) is 13.8. The molecule has 0 aliphatic carbocycles. The fraction of sp³-hybridized carbons (Fsp3) is 0.625. The molecule has 0 saturated carbocycles. The van der Waals surface area contributed by atoms with Crippen LogP contribution in [-0.2, 0) is 19.3 Å². The van der Waals surface area contributed by atoms with E-state index in [0.29, 0.717) is 0 Å². The summed E-state index contributed by atoms with van der Waals surface area (Å²) in [5.74, 6) is 0.875. The molecule has 0 aliphatic heterocycles. The fourth-order valence-electron chi connectivity index (χ4n) is 2.26. The summed E-state index contributed by atoms with van der Waals surface area (Å²) in [5.41, 5.74) is 3.65. The third-order valence-corrected chi connectivity index (χ3v) is 3.30. The maximum absolute atomic E-state index is 9.28. The molecule has 2 heteroatoms. The van der Waals surface area contributed by atoms with Crippen LogP contribution in [0.4, 0.5) is 0 Å². The van der Waals surface area contributed by atoms with Gasteiger partial charge >= 0.3 is 0 Å². The molecule has 0 saturated heterocycles. The number of ether oxygens (including phenoxy) is 1. The van der Waals surface area contributed by atoms with Crippen molar-refractivity contribution in [1.82, 2.24) is 0 Å². The standard InChI is InChI=1S/C16H26O2/c1-6-12-9-14(18-16(4,5)11-17)10-13(7-2)15(12)8-3/h9-10,17H,6-8,11H2,1-5H3. The lowest BCUT2D eigenvalue weighted by molar-refractivity contribution is 0.0411. The molecule has 0 radical (unpaired) electrons. The van der Waals surface area contributed by atoms with Crippen LogP contribution in [0.2, 0.25) is 0 Å². The summed E-state index contributed by atoms with van der Waals surface area (Å²) >= 11 is 0. The van der Waals surface area contributed by atoms with Crippen LogP contribution in [0.5, 0.6) is 5.75 Å². The van der Waals surface area contributed by atoms with Crippen LogP contribution < -0.4 is 4.74 Å². The number of hydrogen-bond donors (Lipinski definition) is 1. The van der Waals surface area contributed by atoms with Gasteiger partial charge in [0.15, 0.2) is 0 Å². The first-order valence-electron chi connectivity index (χ1n) is 6.91. The highest BCUT2D eigenvalue weighted by atomic mass is 16.5. The topological polar surface area (TPSA) is 29.5 Å². The van der Waals surface area contributed by atoms with E-state index in [2.05, 4.69) is 32.9 Å². The van der Waals surface area contributed by atoms with E-state index in [4.69, 9.17) is 4.74 Å². The third-order valence-electron chi connectivity index (χ3n) is 3.30. The number of aliphatic hydroxyl groups excluding tert-OH is 1. The van der Waals surface area contributed by atoms with Crippen molar-refractivity contribution in [1.29, 1.82) is 0 Å². The van der Waals surface area contributed by atoms with Gasteiger partial charge in [0.05, 0.1) is 6.61 Å². The number of aryl methyl sites for hydroxylation is 2. The van der Waals surface area contributed by atoms with Crippen LogP contribution in [0, 0.1) is 0 Å². The van der Waals surface area contributed by atoms with Crippen LogP contribution in [-0.4, -0.2) is 17.3 Å². The molecule has 102 valence electrons. The molecule has 0 bridgehead atoms. The Morgan fingerprint density at radius 2 is 1.50 bits per heavy atom. The minimum absolute atomic E-state index is 0.0193. The van der Waals surface area contributed by atoms with Crippen molar-refractivity contribution in [3.05, 3.63) is 28.8 Å². The summed E-state index contributed by atoms with van der Waals surface area (Å²) < 4.78 is 5.89. The molecule has 2 nitrogen and oxygen atoms in total. The van der Waals surface area contributed by atoms with Gasteiger partial charge in [0, 0.05) is 0 Å². The summed E-state index contributed by atoms with van der Waals surface area (Å²) in [5, 5.41) is 9.28. The Kier molecular flexibility index (Phi) is 5.21. The van der Waals surface area contributed by atoms with Crippen LogP contribution in [0.3, 0.4) is 0 Å². The van der Waals surface area contributed by atoms with Gasteiger partial charge in [-0.25, -0.2) is 0 Å². The Morgan fingerprint density at radius 3 is 1.83 bits per heavy atom. The quantitative estimate of drug-likeness (QED) is 0.837. The van der Waals surface area contributed by atoms with E-state index in [1.54, 1.807) is 0 Å². The second kappa shape index (κ2) is 6.24. The molecular formula is C16H26O2. The van der Waals surface area contributed by atoms with Gasteiger partial charge in [0.2, 0.25) is 0 Å². The van der Waals surface area contributed by atoms with Crippen molar-refractivity contribution in [3.63, 3.8) is 0 Å². The summed E-state index contributed by atoms with van der Waals surface area (Å²) in [6.45, 7) is 10.4. The maximum atomic E-state index is 9.28. The molecule has 0 unspecified atom stereocenters. The van der Waals surface area contributed by atoms with Crippen molar-refractivity contribution in [2.24, 2.45) is 0 Å². The average Bonchev–Trinajstić information content (AvgIpc) is 2.37. The Labute approximate surface area is 111 Å². The predicted octanol–water partition coefficient (Wildman–Crippen LogP) is 3.52. The summed E-state index contributed by atoms with van der Waals surface area (Å²) in [6, 6.07) is 4.24. The highest BCUT2D eigenvalue weighted by Crippen LogP contribution is 2.27. The van der Waals surface area contributed by atoms with Gasteiger partial charge in [-0.1, -0.05) is 20.8 Å². The first-order valence-corrected chi connectivity index (χ1v) is 6.91. The van der Waals surface area contributed by atoms with Crippen molar-refractivity contribution in [2.75, 3.05) is 6.61 Å². The van der Waals surface area contributed by atoms with Gasteiger partial charge in [-0.15, -0.1) is 0 Å². The van der Waals surface area contributed by atoms with E-state index in [1.165, 1.54) is 16.7 Å². The van der Waals surface area contributed by atoms with E-state index >= 15 is 0 Å². The summed E-state index contributed by atoms with van der Waals surface area (Å²) in [4.78, 5) is 0. The van der Waals surface area contributed by atoms with E-state index in [1.807, 2.05) is 13.8 Å². The molecule has 0 heterocycles. The van der Waals surface area contributed by atoms with Gasteiger partial charge in [-0.2, -0.15) is 0 Å². The van der Waals surface area contributed by atoms with Gasteiger partial charge in [0.1, 0.15) is 11.4 Å². The average molecular weight is 250 g/mol. The number of aliphatic hydroxyl groups is 1. The second-order valence-electron chi connectivity index (χ2n) is 5.30. The van der Waals surface area contributed by atoms with E-state index in [-0.39, 0.29) is 6.61 Å². The molecule has 0 amide bonds. The minimum Gasteiger partial charge on any atom is -0.485 e. The highest BCUT2D eigenvalue weighted by Gasteiger charge is 2.19. The smallest absolute Gasteiger partial charge is 0.126 e. The molecule has 0 aliphatic rings. The zero-order valence-electron chi connectivity index (χ0n) is 12.3. The third kappa shape index (κ3) is 3.49. The normalized spacial score (nSPS) is 11.7. The summed E-state index contributed by atoms with van der Waals surface area (Å²) in [6.07, 6.45) is 3.11. The van der Waals surface area contributed by atoms with E-state index in [0.717, 1.165) is 25.0 Å². The molecule has 0 atom stereocenters. The van der Waals surface area contributed by atoms with Gasteiger partial charge in [-0.3, -0.25) is 0 Å². The van der Waals surface area contributed by atoms with Crippen molar-refractivity contribution in [2.45, 2.75) is 59.5 Å². The first-order chi connectivity index (χ1) is 8.47. The Hall–Kier alpha value is -1.02. The maximum Gasteiger partial charge on any atom is 0.126 e. The molecule has 1 N–H and O–H groups in total. The lowest BCUT2D eigenvalue weighted by Gasteiger charge is -2.25. The monoisotopic (exact) mass is 250 g/mol. The summed E-state index contributed by atoms with van der Waals surface area (Å²) in [7, 11) is 0. The van der Waals surface area contributed by atoms with Gasteiger partial charge < -0.3 is 9.84 Å².